The van der Waals surface area contributed by atoms with Gasteiger partial charge in [0.15, 0.2) is 0 Å². The van der Waals surface area contributed by atoms with Gasteiger partial charge in [0, 0.05) is 15.5 Å². The Bertz CT molecular complexity index is 284. The number of nitrogens with one attached hydrogen (secondary N) is 1. The topological polar surface area (TPSA) is 12.0 Å². The van der Waals surface area contributed by atoms with Crippen molar-refractivity contribution in [3.63, 3.8) is 0 Å². The number of hydrogen-bond acceptors (Lipinski definition) is 2. The summed E-state index contributed by atoms with van der Waals surface area (Å²) in [6.45, 7) is 3.22. The Balaban J connectivity index is 2.37. The van der Waals surface area contributed by atoms with Crippen LogP contribution in [0, 0.1) is 0 Å². The highest BCUT2D eigenvalue weighted by Crippen LogP contribution is 2.30. The van der Waals surface area contributed by atoms with Crippen LogP contribution in [0.5, 0.6) is 0 Å². The molecule has 0 aliphatic carbocycles. The summed E-state index contributed by atoms with van der Waals surface area (Å²) in [4.78, 5) is 0. The molecule has 0 atom stereocenters. The highest BCUT2D eigenvalue weighted by molar-refractivity contribution is 9.11. The second kappa shape index (κ2) is 7.58. The fourth-order valence-electron chi connectivity index (χ4n) is 1.20. The minimum atomic E-state index is 1.02. The van der Waals surface area contributed by atoms with E-state index in [9.17, 15) is 0 Å². The van der Waals surface area contributed by atoms with E-state index in [1.54, 1.807) is 0 Å². The molecule has 1 aromatic carbocycles. The molecule has 4 heteroatoms. The molecule has 0 bridgehead atoms. The molecule has 0 saturated carbocycles. The zero-order chi connectivity index (χ0) is 11.1. The van der Waals surface area contributed by atoms with Crippen LogP contribution in [-0.2, 0) is 0 Å². The van der Waals surface area contributed by atoms with Crippen LogP contribution in [0.15, 0.2) is 27.1 Å². The normalized spacial score (nSPS) is 10.3. The second-order valence-electron chi connectivity index (χ2n) is 3.07. The zero-order valence-corrected chi connectivity index (χ0v) is 12.7. The van der Waals surface area contributed by atoms with Crippen LogP contribution in [0.4, 0.5) is 5.69 Å². The Hall–Kier alpha value is 0.330. The van der Waals surface area contributed by atoms with E-state index in [1.165, 1.54) is 17.9 Å². The molecule has 0 spiro atoms. The Morgan fingerprint density at radius 1 is 1.27 bits per heavy atom. The van der Waals surface area contributed by atoms with Gasteiger partial charge in [-0.3, -0.25) is 0 Å². The number of thioether (sulfide) groups is 1. The van der Waals surface area contributed by atoms with Crippen molar-refractivity contribution >= 4 is 49.3 Å². The van der Waals surface area contributed by atoms with Gasteiger partial charge in [-0.05, 0) is 61.9 Å². The van der Waals surface area contributed by atoms with Crippen molar-refractivity contribution < 1.29 is 0 Å². The van der Waals surface area contributed by atoms with E-state index in [1.807, 2.05) is 30.0 Å². The lowest BCUT2D eigenvalue weighted by molar-refractivity contribution is 0.989. The molecule has 0 unspecified atom stereocenters. The Labute approximate surface area is 113 Å². The average Bonchev–Trinajstić information content (AvgIpc) is 2.21. The fraction of sp³-hybridized carbons (Fsp3) is 0.455. The van der Waals surface area contributed by atoms with Crippen LogP contribution in [0.25, 0.3) is 0 Å². The summed E-state index contributed by atoms with van der Waals surface area (Å²) in [5, 5.41) is 3.43. The van der Waals surface area contributed by atoms with Crippen molar-refractivity contribution in [3.05, 3.63) is 27.1 Å². The minimum Gasteiger partial charge on any atom is -0.383 e. The first-order valence-corrected chi connectivity index (χ1v) is 7.75. The molecule has 0 aliphatic rings. The molecule has 1 N–H and O–H groups in total. The van der Waals surface area contributed by atoms with Gasteiger partial charge in [-0.2, -0.15) is 11.8 Å². The highest BCUT2D eigenvalue weighted by atomic mass is 79.9. The minimum absolute atomic E-state index is 1.02. The van der Waals surface area contributed by atoms with Crippen molar-refractivity contribution in [2.24, 2.45) is 0 Å². The van der Waals surface area contributed by atoms with E-state index in [4.69, 9.17) is 0 Å². The molecular weight excluding hydrogens is 338 g/mol. The first-order valence-electron chi connectivity index (χ1n) is 5.01. The molecule has 84 valence electrons. The van der Waals surface area contributed by atoms with Gasteiger partial charge in [0.1, 0.15) is 0 Å². The van der Waals surface area contributed by atoms with Crippen molar-refractivity contribution in [1.82, 2.24) is 0 Å². The first kappa shape index (κ1) is 13.4. The molecule has 0 radical (unpaired) electrons. The molecule has 0 aliphatic heterocycles. The maximum Gasteiger partial charge on any atom is 0.0628 e. The van der Waals surface area contributed by atoms with Crippen LogP contribution in [0.2, 0.25) is 0 Å². The summed E-state index contributed by atoms with van der Waals surface area (Å²) in [7, 11) is 0. The van der Waals surface area contributed by atoms with Crippen LogP contribution in [-0.4, -0.2) is 18.1 Å². The third-order valence-electron chi connectivity index (χ3n) is 1.93. The summed E-state index contributed by atoms with van der Waals surface area (Å²) in [6, 6.07) is 6.12. The lowest BCUT2D eigenvalue weighted by Gasteiger charge is -2.10. The van der Waals surface area contributed by atoms with Gasteiger partial charge in [-0.25, -0.2) is 0 Å². The summed E-state index contributed by atoms with van der Waals surface area (Å²) in [6.07, 6.45) is 1.20. The molecule has 15 heavy (non-hydrogen) atoms. The van der Waals surface area contributed by atoms with Gasteiger partial charge in [0.05, 0.1) is 5.69 Å². The monoisotopic (exact) mass is 351 g/mol. The van der Waals surface area contributed by atoms with E-state index < -0.39 is 0 Å². The second-order valence-corrected chi connectivity index (χ2v) is 6.18. The molecule has 0 heterocycles. The molecular formula is C11H15Br2NS. The Kier molecular flexibility index (Phi) is 6.77. The number of benzene rings is 1. The predicted octanol–water partition coefficient (Wildman–Crippen LogP) is 4.77. The molecule has 1 aromatic rings. The van der Waals surface area contributed by atoms with E-state index in [0.29, 0.717) is 0 Å². The first-order chi connectivity index (χ1) is 7.25. The lowest BCUT2D eigenvalue weighted by Crippen LogP contribution is -2.03. The van der Waals surface area contributed by atoms with Crippen molar-refractivity contribution in [3.8, 4) is 0 Å². The van der Waals surface area contributed by atoms with Crippen molar-refractivity contribution in [2.45, 2.75) is 13.3 Å². The standard InChI is InChI=1S/C11H15Br2NS/c1-2-15-8-4-7-14-11-9(12)5-3-6-10(11)13/h3,5-6,14H,2,4,7-8H2,1H3. The van der Waals surface area contributed by atoms with E-state index in [-0.39, 0.29) is 0 Å². The lowest BCUT2D eigenvalue weighted by atomic mass is 10.3. The molecule has 0 saturated heterocycles. The molecule has 1 nitrogen and oxygen atoms in total. The van der Waals surface area contributed by atoms with Gasteiger partial charge in [-0.1, -0.05) is 13.0 Å². The third-order valence-corrected chi connectivity index (χ3v) is 4.24. The third kappa shape index (κ3) is 4.79. The Morgan fingerprint density at radius 3 is 2.53 bits per heavy atom. The number of para-hydroxylation sites is 1. The van der Waals surface area contributed by atoms with Gasteiger partial charge in [0.25, 0.3) is 0 Å². The summed E-state index contributed by atoms with van der Waals surface area (Å²) < 4.78 is 2.22. The van der Waals surface area contributed by atoms with E-state index in [0.717, 1.165) is 21.2 Å². The van der Waals surface area contributed by atoms with Gasteiger partial charge >= 0.3 is 0 Å². The van der Waals surface area contributed by atoms with Crippen LogP contribution in [0.1, 0.15) is 13.3 Å². The summed E-state index contributed by atoms with van der Waals surface area (Å²) >= 11 is 9.05. The largest absolute Gasteiger partial charge is 0.383 e. The number of hydrogen-bond donors (Lipinski definition) is 1. The Morgan fingerprint density at radius 2 is 1.93 bits per heavy atom. The van der Waals surface area contributed by atoms with Crippen LogP contribution in [0.3, 0.4) is 0 Å². The summed E-state index contributed by atoms with van der Waals surface area (Å²) in [5.41, 5.74) is 1.15. The maximum absolute atomic E-state index is 3.53. The summed E-state index contributed by atoms with van der Waals surface area (Å²) in [5.74, 6) is 2.43. The smallest absolute Gasteiger partial charge is 0.0628 e. The van der Waals surface area contributed by atoms with Crippen LogP contribution >= 0.6 is 43.6 Å². The van der Waals surface area contributed by atoms with Crippen LogP contribution < -0.4 is 5.32 Å². The number of anilines is 1. The van der Waals surface area contributed by atoms with Crippen molar-refractivity contribution in [2.75, 3.05) is 23.4 Å². The van der Waals surface area contributed by atoms with Gasteiger partial charge in [-0.15, -0.1) is 0 Å². The maximum atomic E-state index is 3.53. The van der Waals surface area contributed by atoms with Gasteiger partial charge < -0.3 is 5.32 Å². The van der Waals surface area contributed by atoms with E-state index in [2.05, 4.69) is 44.1 Å². The van der Waals surface area contributed by atoms with Crippen molar-refractivity contribution in [1.29, 1.82) is 0 Å². The molecule has 0 aromatic heterocycles. The molecule has 0 fully saturated rings. The quantitative estimate of drug-likeness (QED) is 0.740. The molecule has 0 amide bonds. The molecule has 1 rings (SSSR count). The fourth-order valence-corrected chi connectivity index (χ4v) is 3.11. The van der Waals surface area contributed by atoms with Gasteiger partial charge in [0.2, 0.25) is 0 Å². The highest BCUT2D eigenvalue weighted by Gasteiger charge is 2.02. The average molecular weight is 353 g/mol. The van der Waals surface area contributed by atoms with E-state index >= 15 is 0 Å². The SMILES string of the molecule is CCSCCCNc1c(Br)cccc1Br. The zero-order valence-electron chi connectivity index (χ0n) is 8.72. The predicted molar refractivity (Wildman–Crippen MR) is 77.9 cm³/mol. The number of rotatable bonds is 6. The number of halogens is 2.